The van der Waals surface area contributed by atoms with E-state index >= 15 is 0 Å². The molecule has 3 aromatic rings. The van der Waals surface area contributed by atoms with Crippen molar-refractivity contribution < 1.29 is 4.42 Å². The largest absolute Gasteiger partial charge is 0.437 e. The van der Waals surface area contributed by atoms with E-state index in [1.807, 2.05) is 19.1 Å². The van der Waals surface area contributed by atoms with Crippen LogP contribution < -0.4 is 5.43 Å². The zero-order valence-corrected chi connectivity index (χ0v) is 8.73. The molecule has 0 amide bonds. The molecule has 0 radical (unpaired) electrons. The molecule has 16 heavy (non-hydrogen) atoms. The van der Waals surface area contributed by atoms with Gasteiger partial charge in [-0.1, -0.05) is 12.1 Å². The lowest BCUT2D eigenvalue weighted by Gasteiger charge is -2.01. The van der Waals surface area contributed by atoms with Gasteiger partial charge in [-0.25, -0.2) is 4.98 Å². The number of hydrogen-bond acceptors (Lipinski definition) is 3. The standard InChI is InChI=1S/C13H9NO2/c1-8-4-2-5-9-11(15)10-6-3-7-14-13(10)16-12(8)9/h2-7H,1H3. The second-order valence-electron chi connectivity index (χ2n) is 3.74. The van der Waals surface area contributed by atoms with Crippen molar-refractivity contribution >= 4 is 22.1 Å². The van der Waals surface area contributed by atoms with Crippen molar-refractivity contribution in [2.45, 2.75) is 6.92 Å². The Bertz CT molecular complexity index is 744. The van der Waals surface area contributed by atoms with Crippen LogP contribution in [0.3, 0.4) is 0 Å². The van der Waals surface area contributed by atoms with Crippen LogP contribution in [0, 0.1) is 6.92 Å². The molecule has 2 heterocycles. The lowest BCUT2D eigenvalue weighted by atomic mass is 10.1. The van der Waals surface area contributed by atoms with Crippen molar-refractivity contribution in [3.05, 3.63) is 52.3 Å². The predicted molar refractivity (Wildman–Crippen MR) is 62.5 cm³/mol. The van der Waals surface area contributed by atoms with Crippen molar-refractivity contribution in [2.24, 2.45) is 0 Å². The first-order valence-corrected chi connectivity index (χ1v) is 5.04. The van der Waals surface area contributed by atoms with E-state index in [1.54, 1.807) is 24.4 Å². The van der Waals surface area contributed by atoms with Gasteiger partial charge in [0, 0.05) is 6.20 Å². The Labute approximate surface area is 91.3 Å². The first kappa shape index (κ1) is 9.09. The molecule has 0 saturated carbocycles. The summed E-state index contributed by atoms with van der Waals surface area (Å²) in [5.41, 5.74) is 1.95. The molecule has 0 unspecified atom stereocenters. The van der Waals surface area contributed by atoms with Crippen LogP contribution in [-0.2, 0) is 0 Å². The topological polar surface area (TPSA) is 43.1 Å². The lowest BCUT2D eigenvalue weighted by Crippen LogP contribution is -2.03. The smallest absolute Gasteiger partial charge is 0.230 e. The molecule has 1 aromatic carbocycles. The number of rotatable bonds is 0. The van der Waals surface area contributed by atoms with Crippen LogP contribution in [0.25, 0.3) is 22.1 Å². The Kier molecular flexibility index (Phi) is 1.80. The van der Waals surface area contributed by atoms with Crippen LogP contribution in [-0.4, -0.2) is 4.98 Å². The molecule has 0 N–H and O–H groups in total. The summed E-state index contributed by atoms with van der Waals surface area (Å²) in [6.45, 7) is 1.92. The van der Waals surface area contributed by atoms with Gasteiger partial charge in [0.25, 0.3) is 0 Å². The molecule has 0 atom stereocenters. The molecule has 0 bridgehead atoms. The number of aromatic nitrogens is 1. The summed E-state index contributed by atoms with van der Waals surface area (Å²) in [5.74, 6) is 0. The molecule has 0 aliphatic rings. The Hall–Kier alpha value is -2.16. The van der Waals surface area contributed by atoms with Crippen molar-refractivity contribution in [2.75, 3.05) is 0 Å². The molecular weight excluding hydrogens is 202 g/mol. The lowest BCUT2D eigenvalue weighted by molar-refractivity contribution is 0.642. The number of para-hydroxylation sites is 1. The number of aryl methyl sites for hydroxylation is 1. The second-order valence-corrected chi connectivity index (χ2v) is 3.74. The highest BCUT2D eigenvalue weighted by Crippen LogP contribution is 2.19. The number of benzene rings is 1. The average Bonchev–Trinajstić information content (AvgIpc) is 2.31. The molecule has 0 aliphatic heterocycles. The molecule has 0 saturated heterocycles. The van der Waals surface area contributed by atoms with Crippen LogP contribution in [0.15, 0.2) is 45.7 Å². The number of nitrogens with zero attached hydrogens (tertiary/aromatic N) is 1. The number of pyridine rings is 1. The molecule has 0 fully saturated rings. The summed E-state index contributed by atoms with van der Waals surface area (Å²) in [6.07, 6.45) is 1.62. The molecule has 2 aromatic heterocycles. The second kappa shape index (κ2) is 3.17. The first-order valence-electron chi connectivity index (χ1n) is 5.04. The Morgan fingerprint density at radius 3 is 2.81 bits per heavy atom. The quantitative estimate of drug-likeness (QED) is 0.537. The van der Waals surface area contributed by atoms with Gasteiger partial charge in [0.15, 0.2) is 0 Å². The van der Waals surface area contributed by atoms with E-state index in [9.17, 15) is 4.79 Å². The van der Waals surface area contributed by atoms with Crippen molar-refractivity contribution in [3.63, 3.8) is 0 Å². The third-order valence-electron chi connectivity index (χ3n) is 2.67. The third-order valence-corrected chi connectivity index (χ3v) is 2.67. The summed E-state index contributed by atoms with van der Waals surface area (Å²) >= 11 is 0. The zero-order chi connectivity index (χ0) is 11.1. The molecular formula is C13H9NO2. The molecule has 3 heteroatoms. The summed E-state index contributed by atoms with van der Waals surface area (Å²) < 4.78 is 5.65. The highest BCUT2D eigenvalue weighted by molar-refractivity contribution is 5.89. The molecule has 78 valence electrons. The maximum absolute atomic E-state index is 12.1. The molecule has 0 spiro atoms. The maximum Gasteiger partial charge on any atom is 0.230 e. The molecule has 3 nitrogen and oxygen atoms in total. The number of fused-ring (bicyclic) bond motifs is 2. The van der Waals surface area contributed by atoms with E-state index < -0.39 is 0 Å². The van der Waals surface area contributed by atoms with Gasteiger partial charge in [0.2, 0.25) is 11.1 Å². The zero-order valence-electron chi connectivity index (χ0n) is 8.73. The Morgan fingerprint density at radius 2 is 1.94 bits per heavy atom. The fourth-order valence-electron chi connectivity index (χ4n) is 1.85. The van der Waals surface area contributed by atoms with Crippen molar-refractivity contribution in [1.29, 1.82) is 0 Å². The van der Waals surface area contributed by atoms with Crippen LogP contribution in [0.5, 0.6) is 0 Å². The highest BCUT2D eigenvalue weighted by atomic mass is 16.3. The van der Waals surface area contributed by atoms with Crippen LogP contribution in [0.1, 0.15) is 5.56 Å². The van der Waals surface area contributed by atoms with Gasteiger partial charge < -0.3 is 4.42 Å². The van der Waals surface area contributed by atoms with Gasteiger partial charge >= 0.3 is 0 Å². The fraction of sp³-hybridized carbons (Fsp3) is 0.0769. The van der Waals surface area contributed by atoms with Gasteiger partial charge in [0.05, 0.1) is 10.8 Å². The minimum absolute atomic E-state index is 0.0203. The predicted octanol–water partition coefficient (Wildman–Crippen LogP) is 2.65. The van der Waals surface area contributed by atoms with Crippen LogP contribution in [0.2, 0.25) is 0 Å². The minimum Gasteiger partial charge on any atom is -0.437 e. The van der Waals surface area contributed by atoms with E-state index in [2.05, 4.69) is 4.98 Å². The Balaban J connectivity index is 2.67. The molecule has 0 aliphatic carbocycles. The summed E-state index contributed by atoms with van der Waals surface area (Å²) in [7, 11) is 0. The number of hydrogen-bond donors (Lipinski definition) is 0. The van der Waals surface area contributed by atoms with Gasteiger partial charge in [-0.2, -0.15) is 0 Å². The summed E-state index contributed by atoms with van der Waals surface area (Å²) in [5, 5.41) is 1.14. The average molecular weight is 211 g/mol. The van der Waals surface area contributed by atoms with Crippen LogP contribution >= 0.6 is 0 Å². The van der Waals surface area contributed by atoms with E-state index in [0.717, 1.165) is 5.56 Å². The highest BCUT2D eigenvalue weighted by Gasteiger charge is 2.08. The van der Waals surface area contributed by atoms with Crippen molar-refractivity contribution in [1.82, 2.24) is 4.98 Å². The third kappa shape index (κ3) is 1.15. The first-order chi connectivity index (χ1) is 7.77. The normalized spacial score (nSPS) is 11.1. The molecule has 3 rings (SSSR count). The van der Waals surface area contributed by atoms with Gasteiger partial charge in [-0.15, -0.1) is 0 Å². The summed E-state index contributed by atoms with van der Waals surface area (Å²) in [4.78, 5) is 16.2. The van der Waals surface area contributed by atoms with Gasteiger partial charge in [0.1, 0.15) is 5.58 Å². The van der Waals surface area contributed by atoms with E-state index in [4.69, 9.17) is 4.42 Å². The Morgan fingerprint density at radius 1 is 1.12 bits per heavy atom. The minimum atomic E-state index is -0.0203. The van der Waals surface area contributed by atoms with Gasteiger partial charge in [-0.05, 0) is 30.7 Å². The van der Waals surface area contributed by atoms with Crippen LogP contribution in [0.4, 0.5) is 0 Å². The van der Waals surface area contributed by atoms with E-state index in [-0.39, 0.29) is 5.43 Å². The summed E-state index contributed by atoms with van der Waals surface area (Å²) in [6, 6.07) is 9.02. The fourth-order valence-corrected chi connectivity index (χ4v) is 1.85. The van der Waals surface area contributed by atoms with E-state index in [0.29, 0.717) is 22.1 Å². The monoisotopic (exact) mass is 211 g/mol. The van der Waals surface area contributed by atoms with E-state index in [1.165, 1.54) is 0 Å². The SMILES string of the molecule is Cc1cccc2c(=O)c3cccnc3oc12. The van der Waals surface area contributed by atoms with Crippen molar-refractivity contribution in [3.8, 4) is 0 Å². The van der Waals surface area contributed by atoms with Gasteiger partial charge in [-0.3, -0.25) is 4.79 Å². The maximum atomic E-state index is 12.1.